The highest BCUT2D eigenvalue weighted by atomic mass is 79.9. The maximum Gasteiger partial charge on any atom is 0.158 e. The third-order valence-electron chi connectivity index (χ3n) is 6.11. The number of halogens is 1. The van der Waals surface area contributed by atoms with Gasteiger partial charge in [-0.15, -0.1) is 11.3 Å². The minimum atomic E-state index is 0.356. The number of hydrogen-bond acceptors (Lipinski definition) is 5. The molecule has 0 fully saturated rings. The van der Waals surface area contributed by atoms with Crippen LogP contribution in [0.1, 0.15) is 49.6 Å². The van der Waals surface area contributed by atoms with Gasteiger partial charge in [-0.05, 0) is 53.9 Å². The van der Waals surface area contributed by atoms with Crippen LogP contribution in [-0.4, -0.2) is 16.2 Å². The molecule has 0 amide bonds. The zero-order chi connectivity index (χ0) is 19.7. The molecule has 0 spiro atoms. The summed E-state index contributed by atoms with van der Waals surface area (Å²) < 4.78 is 1.06. The first kappa shape index (κ1) is 19.5. The number of hydrogen-bond donors (Lipinski definition) is 1. The number of nitrogens with zero attached hydrogens (tertiary/aromatic N) is 3. The van der Waals surface area contributed by atoms with Crippen LogP contribution in [0, 0.1) is 11.3 Å². The number of anilines is 1. The minimum absolute atomic E-state index is 0.356. The predicted molar refractivity (Wildman–Crippen MR) is 122 cm³/mol. The lowest BCUT2D eigenvalue weighted by atomic mass is 9.69. The number of rotatable bonds is 5. The number of aryl methyl sites for hydroxylation is 1. The molecule has 146 valence electrons. The van der Waals surface area contributed by atoms with Crippen molar-refractivity contribution in [3.8, 4) is 0 Å². The lowest BCUT2D eigenvalue weighted by molar-refractivity contribution is 0.184. The molecule has 1 atom stereocenters. The highest BCUT2D eigenvalue weighted by Crippen LogP contribution is 2.45. The third-order valence-corrected chi connectivity index (χ3v) is 7.84. The Morgan fingerprint density at radius 3 is 2.82 bits per heavy atom. The molecule has 2 aromatic heterocycles. The molecule has 0 saturated heterocycles. The summed E-state index contributed by atoms with van der Waals surface area (Å²) >= 11 is 5.27. The van der Waals surface area contributed by atoms with Crippen molar-refractivity contribution in [1.29, 1.82) is 0 Å². The van der Waals surface area contributed by atoms with E-state index in [0.717, 1.165) is 38.9 Å². The van der Waals surface area contributed by atoms with E-state index < -0.39 is 0 Å². The van der Waals surface area contributed by atoms with E-state index in [4.69, 9.17) is 0 Å². The zero-order valence-electron chi connectivity index (χ0n) is 16.5. The van der Waals surface area contributed by atoms with E-state index >= 15 is 0 Å². The molecule has 1 aromatic carbocycles. The first-order valence-corrected chi connectivity index (χ1v) is 11.4. The maximum atomic E-state index is 4.54. The van der Waals surface area contributed by atoms with Crippen molar-refractivity contribution >= 4 is 49.5 Å². The van der Waals surface area contributed by atoms with Gasteiger partial charge in [0.1, 0.15) is 11.2 Å². The smallest absolute Gasteiger partial charge is 0.158 e. The Morgan fingerprint density at radius 2 is 2.07 bits per heavy atom. The lowest BCUT2D eigenvalue weighted by Gasteiger charge is -2.36. The molecule has 0 bridgehead atoms. The van der Waals surface area contributed by atoms with Crippen LogP contribution in [0.4, 0.5) is 5.82 Å². The second kappa shape index (κ2) is 7.91. The molecule has 4 rings (SSSR count). The Bertz CT molecular complexity index is 1010. The summed E-state index contributed by atoms with van der Waals surface area (Å²) in [6, 6.07) is 8.06. The summed E-state index contributed by atoms with van der Waals surface area (Å²) in [5, 5.41) is 5.59. The van der Waals surface area contributed by atoms with Gasteiger partial charge in [0.15, 0.2) is 5.82 Å². The molecule has 1 N–H and O–H groups in total. The van der Waals surface area contributed by atoms with Gasteiger partial charge in [0.05, 0.1) is 11.6 Å². The van der Waals surface area contributed by atoms with Crippen LogP contribution < -0.4 is 5.43 Å². The summed E-state index contributed by atoms with van der Waals surface area (Å²) in [6.45, 7) is 7.10. The van der Waals surface area contributed by atoms with E-state index in [1.807, 2.05) is 41.8 Å². The van der Waals surface area contributed by atoms with Crippen molar-refractivity contribution in [3.05, 3.63) is 51.1 Å². The van der Waals surface area contributed by atoms with Crippen molar-refractivity contribution < 1.29 is 0 Å². The van der Waals surface area contributed by atoms with Gasteiger partial charge in [-0.2, -0.15) is 5.10 Å². The van der Waals surface area contributed by atoms with Gasteiger partial charge in [-0.3, -0.25) is 5.43 Å². The van der Waals surface area contributed by atoms with Crippen LogP contribution in [0.2, 0.25) is 0 Å². The minimum Gasteiger partial charge on any atom is -0.261 e. The van der Waals surface area contributed by atoms with E-state index in [1.165, 1.54) is 23.3 Å². The lowest BCUT2D eigenvalue weighted by Crippen LogP contribution is -2.28. The van der Waals surface area contributed by atoms with Gasteiger partial charge < -0.3 is 0 Å². The Balaban J connectivity index is 1.63. The zero-order valence-corrected chi connectivity index (χ0v) is 18.9. The standard InChI is InChI=1S/C22H25BrN4S/c1-4-22(2,3)15-7-10-18-17(11-15)19-20(24-13-25-21(19)28-18)27-26-12-14-5-8-16(23)9-6-14/h5-6,8-9,12-13,15H,4,7,10-11H2,1-3H3,(H,24,25,27)/b26-12+. The molecule has 1 aliphatic rings. The molecule has 2 heterocycles. The van der Waals surface area contributed by atoms with Crippen LogP contribution in [0.5, 0.6) is 0 Å². The highest BCUT2D eigenvalue weighted by molar-refractivity contribution is 9.10. The van der Waals surface area contributed by atoms with E-state index in [9.17, 15) is 0 Å². The Morgan fingerprint density at radius 1 is 1.29 bits per heavy atom. The Labute approximate surface area is 178 Å². The molecule has 1 unspecified atom stereocenters. The summed E-state index contributed by atoms with van der Waals surface area (Å²) in [5.74, 6) is 1.51. The largest absolute Gasteiger partial charge is 0.261 e. The average molecular weight is 457 g/mol. The van der Waals surface area contributed by atoms with E-state index in [1.54, 1.807) is 6.33 Å². The van der Waals surface area contributed by atoms with Crippen molar-refractivity contribution in [2.24, 2.45) is 16.4 Å². The number of benzene rings is 1. The fourth-order valence-electron chi connectivity index (χ4n) is 3.87. The normalized spacial score (nSPS) is 17.2. The summed E-state index contributed by atoms with van der Waals surface area (Å²) in [5.41, 5.74) is 5.99. The SMILES string of the molecule is CCC(C)(C)C1CCc2sc3ncnc(N/N=C/c4ccc(Br)cc4)c3c2C1. The van der Waals surface area contributed by atoms with Crippen LogP contribution in [0.25, 0.3) is 10.2 Å². The average Bonchev–Trinajstić information content (AvgIpc) is 3.08. The molecule has 3 aromatic rings. The molecule has 0 aliphatic heterocycles. The van der Waals surface area contributed by atoms with E-state index in [2.05, 4.69) is 57.2 Å². The number of thiophene rings is 1. The second-order valence-electron chi connectivity index (χ2n) is 8.11. The van der Waals surface area contributed by atoms with Gasteiger partial charge in [-0.1, -0.05) is 55.3 Å². The van der Waals surface area contributed by atoms with Crippen molar-refractivity contribution in [1.82, 2.24) is 9.97 Å². The first-order valence-electron chi connectivity index (χ1n) is 9.78. The molecule has 4 nitrogen and oxygen atoms in total. The topological polar surface area (TPSA) is 50.2 Å². The van der Waals surface area contributed by atoms with Crippen LogP contribution in [0.3, 0.4) is 0 Å². The van der Waals surface area contributed by atoms with E-state index in [-0.39, 0.29) is 0 Å². The van der Waals surface area contributed by atoms with Crippen molar-refractivity contribution in [3.63, 3.8) is 0 Å². The fraction of sp³-hybridized carbons (Fsp3) is 0.409. The molecule has 1 aliphatic carbocycles. The maximum absolute atomic E-state index is 4.54. The molecule has 6 heteroatoms. The number of aromatic nitrogens is 2. The van der Waals surface area contributed by atoms with Gasteiger partial charge >= 0.3 is 0 Å². The first-order chi connectivity index (χ1) is 13.5. The quantitative estimate of drug-likeness (QED) is 0.354. The third kappa shape index (κ3) is 3.85. The molecular weight excluding hydrogens is 432 g/mol. The second-order valence-corrected chi connectivity index (χ2v) is 10.1. The predicted octanol–water partition coefficient (Wildman–Crippen LogP) is 6.44. The monoisotopic (exact) mass is 456 g/mol. The summed E-state index contributed by atoms with van der Waals surface area (Å²) in [7, 11) is 0. The fourth-order valence-corrected chi connectivity index (χ4v) is 5.31. The summed E-state index contributed by atoms with van der Waals surface area (Å²) in [4.78, 5) is 11.6. The Kier molecular flexibility index (Phi) is 5.52. The van der Waals surface area contributed by atoms with Crippen molar-refractivity contribution in [2.45, 2.75) is 46.5 Å². The van der Waals surface area contributed by atoms with Crippen LogP contribution >= 0.6 is 27.3 Å². The highest BCUT2D eigenvalue weighted by Gasteiger charge is 2.33. The van der Waals surface area contributed by atoms with Gasteiger partial charge in [0.2, 0.25) is 0 Å². The van der Waals surface area contributed by atoms with Gasteiger partial charge in [0, 0.05) is 9.35 Å². The number of nitrogens with one attached hydrogen (secondary N) is 1. The molecule has 28 heavy (non-hydrogen) atoms. The van der Waals surface area contributed by atoms with Gasteiger partial charge in [0.25, 0.3) is 0 Å². The van der Waals surface area contributed by atoms with Crippen molar-refractivity contribution in [2.75, 3.05) is 5.43 Å². The van der Waals surface area contributed by atoms with Gasteiger partial charge in [-0.25, -0.2) is 9.97 Å². The number of hydrazone groups is 1. The number of fused-ring (bicyclic) bond motifs is 3. The van der Waals surface area contributed by atoms with Crippen LogP contribution in [-0.2, 0) is 12.8 Å². The molecular formula is C22H25BrN4S. The Hall–Kier alpha value is -1.79. The van der Waals surface area contributed by atoms with E-state index in [0.29, 0.717) is 11.3 Å². The molecule has 0 radical (unpaired) electrons. The van der Waals surface area contributed by atoms with Crippen LogP contribution in [0.15, 0.2) is 40.2 Å². The molecule has 0 saturated carbocycles. The summed E-state index contributed by atoms with van der Waals surface area (Å²) in [6.07, 6.45) is 8.17.